The number of hydrogen-bond donors (Lipinski definition) is 1. The number of ether oxygens (including phenoxy) is 1. The van der Waals surface area contributed by atoms with E-state index in [1.807, 2.05) is 34.6 Å². The molecule has 21 heavy (non-hydrogen) atoms. The lowest BCUT2D eigenvalue weighted by Crippen LogP contribution is -2.34. The van der Waals surface area contributed by atoms with Gasteiger partial charge in [0, 0.05) is 5.75 Å². The van der Waals surface area contributed by atoms with E-state index in [1.165, 1.54) is 17.3 Å². The Kier molecular flexibility index (Phi) is 6.26. The molecule has 0 unspecified atom stereocenters. The first kappa shape index (κ1) is 17.6. The van der Waals surface area contributed by atoms with E-state index in [0.717, 1.165) is 5.75 Å². The second kappa shape index (κ2) is 7.49. The molecule has 1 amide bonds. The maximum absolute atomic E-state index is 11.7. The molecule has 1 atom stereocenters. The monoisotopic (exact) mass is 313 g/mol. The summed E-state index contributed by atoms with van der Waals surface area (Å²) in [5, 5.41) is 11.0. The molecule has 0 saturated carbocycles. The van der Waals surface area contributed by atoms with Crippen LogP contribution in [0.25, 0.3) is 0 Å². The summed E-state index contributed by atoms with van der Waals surface area (Å²) in [5.74, 6) is 1.14. The summed E-state index contributed by atoms with van der Waals surface area (Å²) in [6.07, 6.45) is 1.57. The van der Waals surface area contributed by atoms with Gasteiger partial charge in [0.15, 0.2) is 0 Å². The molecular formula is C14H23N3O3S. The third kappa shape index (κ3) is 7.17. The van der Waals surface area contributed by atoms with Crippen LogP contribution in [0.2, 0.25) is 0 Å². The molecule has 0 spiro atoms. The zero-order valence-electron chi connectivity index (χ0n) is 13.4. The Bertz CT molecular complexity index is 502. The highest BCUT2D eigenvalue weighted by Crippen LogP contribution is 2.20. The Labute approximate surface area is 129 Å². The van der Waals surface area contributed by atoms with E-state index < -0.39 is 17.7 Å². The summed E-state index contributed by atoms with van der Waals surface area (Å²) in [5.41, 5.74) is 0.700. The minimum atomic E-state index is -0.538. The number of rotatable bonds is 5. The minimum absolute atomic E-state index is 0.362. The first-order chi connectivity index (χ1) is 9.67. The quantitative estimate of drug-likeness (QED) is 0.659. The van der Waals surface area contributed by atoms with Crippen molar-refractivity contribution in [3.05, 3.63) is 17.5 Å². The third-order valence-electron chi connectivity index (χ3n) is 2.22. The number of hydrogen-bond acceptors (Lipinski definition) is 6. The van der Waals surface area contributed by atoms with Crippen LogP contribution in [0.15, 0.2) is 21.3 Å². The Morgan fingerprint density at radius 3 is 2.67 bits per heavy atom. The number of allylic oxidation sites excluding steroid dienone is 1. The van der Waals surface area contributed by atoms with E-state index in [4.69, 9.17) is 9.15 Å². The van der Waals surface area contributed by atoms with Crippen LogP contribution in [0.5, 0.6) is 0 Å². The summed E-state index contributed by atoms with van der Waals surface area (Å²) < 4.78 is 10.7. The number of alkyl carbamates (subject to hydrolysis) is 1. The number of carbonyl (C=O) groups is 1. The van der Waals surface area contributed by atoms with Gasteiger partial charge in [-0.25, -0.2) is 4.79 Å². The van der Waals surface area contributed by atoms with Crippen molar-refractivity contribution >= 4 is 17.9 Å². The lowest BCUT2D eigenvalue weighted by atomic mass is 10.2. The molecule has 1 aromatic rings. The van der Waals surface area contributed by atoms with Crippen LogP contribution in [-0.2, 0) is 4.74 Å². The highest BCUT2D eigenvalue weighted by Gasteiger charge is 2.21. The van der Waals surface area contributed by atoms with Gasteiger partial charge in [0.1, 0.15) is 11.6 Å². The van der Waals surface area contributed by atoms with Crippen LogP contribution in [0.3, 0.4) is 0 Å². The number of amides is 1. The van der Waals surface area contributed by atoms with Crippen LogP contribution in [0.1, 0.15) is 53.5 Å². The van der Waals surface area contributed by atoms with Gasteiger partial charge in [-0.1, -0.05) is 23.4 Å². The summed E-state index contributed by atoms with van der Waals surface area (Å²) in [6, 6.07) is -0.398. The Balaban J connectivity index is 2.52. The Morgan fingerprint density at radius 1 is 1.43 bits per heavy atom. The van der Waals surface area contributed by atoms with Crippen molar-refractivity contribution in [3.63, 3.8) is 0 Å². The summed E-state index contributed by atoms with van der Waals surface area (Å²) >= 11 is 1.46. The molecule has 1 heterocycles. The van der Waals surface area contributed by atoms with Crippen molar-refractivity contribution in [1.82, 2.24) is 15.5 Å². The van der Waals surface area contributed by atoms with E-state index >= 15 is 0 Å². The van der Waals surface area contributed by atoms with E-state index in [0.29, 0.717) is 11.1 Å². The lowest BCUT2D eigenvalue weighted by Gasteiger charge is -2.20. The fourth-order valence-electron chi connectivity index (χ4n) is 1.28. The van der Waals surface area contributed by atoms with Crippen molar-refractivity contribution in [3.8, 4) is 0 Å². The minimum Gasteiger partial charge on any atom is -0.444 e. The molecule has 0 aliphatic carbocycles. The number of carbonyl (C=O) groups excluding carboxylic acids is 1. The Hall–Kier alpha value is -1.50. The highest BCUT2D eigenvalue weighted by atomic mass is 32.2. The first-order valence-electron chi connectivity index (χ1n) is 6.76. The van der Waals surface area contributed by atoms with Crippen molar-refractivity contribution in [1.29, 1.82) is 0 Å². The normalized spacial score (nSPS) is 12.7. The second-order valence-corrected chi connectivity index (χ2v) is 6.84. The number of nitrogens with one attached hydrogen (secondary N) is 1. The first-order valence-corrected chi connectivity index (χ1v) is 7.75. The predicted octanol–water partition coefficient (Wildman–Crippen LogP) is 3.71. The van der Waals surface area contributed by atoms with Crippen LogP contribution in [-0.4, -0.2) is 27.6 Å². The van der Waals surface area contributed by atoms with E-state index in [2.05, 4.69) is 21.6 Å². The summed E-state index contributed by atoms with van der Waals surface area (Å²) in [7, 11) is 0. The third-order valence-corrected chi connectivity index (χ3v) is 2.97. The number of thioether (sulfide) groups is 1. The molecule has 0 aliphatic rings. The standard InChI is InChI=1S/C14H23N3O3S/c1-9(2)7-8-21-13-17-16-11(19-13)10(3)15-12(18)20-14(4,5)6/h7,10H,8H2,1-6H3,(H,15,18)/t10-/m1/s1. The van der Waals surface area contributed by atoms with Crippen LogP contribution >= 0.6 is 11.8 Å². The summed E-state index contributed by atoms with van der Waals surface area (Å²) in [6.45, 7) is 11.3. The van der Waals surface area contributed by atoms with Crippen LogP contribution in [0.4, 0.5) is 4.79 Å². The average Bonchev–Trinajstić information content (AvgIpc) is 2.74. The molecule has 0 fully saturated rings. The second-order valence-electron chi connectivity index (χ2n) is 5.87. The van der Waals surface area contributed by atoms with E-state index in [1.54, 1.807) is 6.92 Å². The highest BCUT2D eigenvalue weighted by molar-refractivity contribution is 7.99. The maximum atomic E-state index is 11.7. The average molecular weight is 313 g/mol. The van der Waals surface area contributed by atoms with Crippen LogP contribution in [0, 0.1) is 0 Å². The SMILES string of the molecule is CC(C)=CCSc1nnc([C@@H](C)NC(=O)OC(C)(C)C)o1. The molecule has 0 bridgehead atoms. The molecule has 0 aromatic carbocycles. The van der Waals surface area contributed by atoms with Gasteiger partial charge in [-0.05, 0) is 41.5 Å². The van der Waals surface area contributed by atoms with Gasteiger partial charge in [0.25, 0.3) is 5.22 Å². The fourth-order valence-corrected chi connectivity index (χ4v) is 2.08. The molecule has 7 heteroatoms. The van der Waals surface area contributed by atoms with E-state index in [-0.39, 0.29) is 0 Å². The molecule has 6 nitrogen and oxygen atoms in total. The van der Waals surface area contributed by atoms with Crippen molar-refractivity contribution < 1.29 is 13.9 Å². The molecule has 0 radical (unpaired) electrons. The van der Waals surface area contributed by atoms with Gasteiger partial charge < -0.3 is 14.5 Å². The van der Waals surface area contributed by atoms with Crippen molar-refractivity contribution in [2.75, 3.05) is 5.75 Å². The molecule has 118 valence electrons. The van der Waals surface area contributed by atoms with Gasteiger partial charge >= 0.3 is 6.09 Å². The van der Waals surface area contributed by atoms with Gasteiger partial charge in [-0.3, -0.25) is 0 Å². The van der Waals surface area contributed by atoms with Gasteiger partial charge in [-0.15, -0.1) is 10.2 Å². The van der Waals surface area contributed by atoms with Gasteiger partial charge in [-0.2, -0.15) is 0 Å². The van der Waals surface area contributed by atoms with Crippen LogP contribution < -0.4 is 5.32 Å². The molecular weight excluding hydrogens is 290 g/mol. The van der Waals surface area contributed by atoms with Gasteiger partial charge in [0.2, 0.25) is 5.89 Å². The smallest absolute Gasteiger partial charge is 0.408 e. The molecule has 1 aromatic heterocycles. The van der Waals surface area contributed by atoms with E-state index in [9.17, 15) is 4.79 Å². The molecule has 0 saturated heterocycles. The number of aromatic nitrogens is 2. The summed E-state index contributed by atoms with van der Waals surface area (Å²) in [4.78, 5) is 11.7. The Morgan fingerprint density at radius 2 is 2.10 bits per heavy atom. The predicted molar refractivity (Wildman–Crippen MR) is 82.2 cm³/mol. The zero-order valence-corrected chi connectivity index (χ0v) is 14.2. The molecule has 1 rings (SSSR count). The fraction of sp³-hybridized carbons (Fsp3) is 0.643. The lowest BCUT2D eigenvalue weighted by molar-refractivity contribution is 0.0500. The van der Waals surface area contributed by atoms with Gasteiger partial charge in [0.05, 0.1) is 0 Å². The van der Waals surface area contributed by atoms with Crippen molar-refractivity contribution in [2.45, 2.75) is 58.4 Å². The maximum Gasteiger partial charge on any atom is 0.408 e. The molecule has 1 N–H and O–H groups in total. The topological polar surface area (TPSA) is 77.2 Å². The zero-order chi connectivity index (χ0) is 16.0. The number of nitrogens with zero attached hydrogens (tertiary/aromatic N) is 2. The van der Waals surface area contributed by atoms with Crippen molar-refractivity contribution in [2.24, 2.45) is 0 Å². The largest absolute Gasteiger partial charge is 0.444 e. The molecule has 0 aliphatic heterocycles.